The third-order valence-corrected chi connectivity index (χ3v) is 1.47. The van der Waals surface area contributed by atoms with Crippen LogP contribution in [-0.2, 0) is 0 Å². The van der Waals surface area contributed by atoms with E-state index in [0.29, 0.717) is 5.65 Å². The standard InChI is InChI=1S/C8H6N2O/c11-7-2-5-10-4-1-3-9-8(10)6-7/h1-6H. The first-order valence-corrected chi connectivity index (χ1v) is 3.29. The van der Waals surface area contributed by atoms with Crippen molar-refractivity contribution in [3.05, 3.63) is 47.0 Å². The largest absolute Gasteiger partial charge is 0.308 e. The zero-order valence-electron chi connectivity index (χ0n) is 5.77. The van der Waals surface area contributed by atoms with E-state index < -0.39 is 0 Å². The van der Waals surface area contributed by atoms with Crippen LogP contribution in [0.2, 0.25) is 0 Å². The summed E-state index contributed by atoms with van der Waals surface area (Å²) in [4.78, 5) is 14.8. The first-order chi connectivity index (χ1) is 5.36. The number of fused-ring (bicyclic) bond motifs is 1. The first-order valence-electron chi connectivity index (χ1n) is 3.29. The molecular weight excluding hydrogens is 140 g/mol. The molecule has 0 amide bonds. The molecule has 54 valence electrons. The Labute approximate surface area is 62.9 Å². The molecule has 2 rings (SSSR count). The molecule has 0 spiro atoms. The van der Waals surface area contributed by atoms with E-state index in [4.69, 9.17) is 0 Å². The lowest BCUT2D eigenvalue weighted by molar-refractivity contribution is 1.09. The van der Waals surface area contributed by atoms with Crippen molar-refractivity contribution in [2.75, 3.05) is 0 Å². The maximum absolute atomic E-state index is 10.8. The smallest absolute Gasteiger partial charge is 0.183 e. The van der Waals surface area contributed by atoms with Gasteiger partial charge in [-0.2, -0.15) is 0 Å². The van der Waals surface area contributed by atoms with Crippen LogP contribution in [0.25, 0.3) is 5.65 Å². The van der Waals surface area contributed by atoms with Crippen molar-refractivity contribution in [3.8, 4) is 0 Å². The van der Waals surface area contributed by atoms with Gasteiger partial charge in [0.05, 0.1) is 0 Å². The molecule has 3 heteroatoms. The van der Waals surface area contributed by atoms with Crippen LogP contribution in [0.4, 0.5) is 0 Å². The van der Waals surface area contributed by atoms with Gasteiger partial charge in [-0.05, 0) is 6.07 Å². The first kappa shape index (κ1) is 6.09. The highest BCUT2D eigenvalue weighted by molar-refractivity contribution is 5.36. The maximum Gasteiger partial charge on any atom is 0.183 e. The van der Waals surface area contributed by atoms with Crippen LogP contribution in [-0.4, -0.2) is 9.38 Å². The van der Waals surface area contributed by atoms with Crippen LogP contribution < -0.4 is 5.43 Å². The summed E-state index contributed by atoms with van der Waals surface area (Å²) in [6.07, 6.45) is 5.21. The van der Waals surface area contributed by atoms with Gasteiger partial charge in [0, 0.05) is 30.7 Å². The molecule has 0 fully saturated rings. The third kappa shape index (κ3) is 1.00. The van der Waals surface area contributed by atoms with Crippen LogP contribution in [0, 0.1) is 0 Å². The van der Waals surface area contributed by atoms with Gasteiger partial charge in [-0.25, -0.2) is 4.98 Å². The second kappa shape index (κ2) is 2.20. The number of hydrogen-bond donors (Lipinski definition) is 0. The van der Waals surface area contributed by atoms with E-state index in [2.05, 4.69) is 4.98 Å². The quantitative estimate of drug-likeness (QED) is 0.548. The van der Waals surface area contributed by atoms with Crippen LogP contribution in [0.3, 0.4) is 0 Å². The molecule has 0 radical (unpaired) electrons. The minimum atomic E-state index is -0.0105. The van der Waals surface area contributed by atoms with E-state index in [9.17, 15) is 4.79 Å². The zero-order valence-corrected chi connectivity index (χ0v) is 5.77. The van der Waals surface area contributed by atoms with E-state index in [1.165, 1.54) is 12.1 Å². The van der Waals surface area contributed by atoms with Crippen molar-refractivity contribution < 1.29 is 0 Å². The summed E-state index contributed by atoms with van der Waals surface area (Å²) in [5.41, 5.74) is 0.670. The topological polar surface area (TPSA) is 34.4 Å². The monoisotopic (exact) mass is 146 g/mol. The molecule has 2 aromatic heterocycles. The molecule has 11 heavy (non-hydrogen) atoms. The van der Waals surface area contributed by atoms with Gasteiger partial charge in [-0.15, -0.1) is 0 Å². The van der Waals surface area contributed by atoms with Crippen molar-refractivity contribution in [2.45, 2.75) is 0 Å². The second-order valence-corrected chi connectivity index (χ2v) is 2.25. The Morgan fingerprint density at radius 2 is 2.27 bits per heavy atom. The SMILES string of the molecule is O=c1ccn2cccnc2c1. The molecule has 0 saturated heterocycles. The average molecular weight is 146 g/mol. The van der Waals surface area contributed by atoms with Crippen LogP contribution >= 0.6 is 0 Å². The molecule has 3 nitrogen and oxygen atoms in total. The number of rotatable bonds is 0. The number of pyridine rings is 1. The third-order valence-electron chi connectivity index (χ3n) is 1.47. The van der Waals surface area contributed by atoms with E-state index >= 15 is 0 Å². The fraction of sp³-hybridized carbons (Fsp3) is 0. The predicted octanol–water partition coefficient (Wildman–Crippen LogP) is 0.695. The summed E-state index contributed by atoms with van der Waals surface area (Å²) in [6, 6.07) is 4.83. The molecule has 0 N–H and O–H groups in total. The molecule has 0 bridgehead atoms. The van der Waals surface area contributed by atoms with Crippen molar-refractivity contribution in [1.29, 1.82) is 0 Å². The molecule has 0 atom stereocenters. The lowest BCUT2D eigenvalue weighted by Gasteiger charge is -1.95. The summed E-state index contributed by atoms with van der Waals surface area (Å²) in [5, 5.41) is 0. The van der Waals surface area contributed by atoms with E-state index in [-0.39, 0.29) is 5.43 Å². The van der Waals surface area contributed by atoms with Gasteiger partial charge in [0.15, 0.2) is 5.43 Å². The Morgan fingerprint density at radius 3 is 3.18 bits per heavy atom. The van der Waals surface area contributed by atoms with Crippen molar-refractivity contribution >= 4 is 5.65 Å². The summed E-state index contributed by atoms with van der Waals surface area (Å²) in [6.45, 7) is 0. The molecule has 0 aromatic carbocycles. The fourth-order valence-electron chi connectivity index (χ4n) is 0.961. The van der Waals surface area contributed by atoms with Crippen molar-refractivity contribution in [1.82, 2.24) is 9.38 Å². The molecule has 0 aliphatic carbocycles. The number of aromatic nitrogens is 2. The average Bonchev–Trinajstić information content (AvgIpc) is 2.04. The van der Waals surface area contributed by atoms with Gasteiger partial charge < -0.3 is 4.40 Å². The summed E-state index contributed by atoms with van der Waals surface area (Å²) in [5.74, 6) is 0. The zero-order chi connectivity index (χ0) is 7.68. The highest BCUT2D eigenvalue weighted by Gasteiger charge is 1.89. The van der Waals surface area contributed by atoms with Gasteiger partial charge >= 0.3 is 0 Å². The molecule has 0 aliphatic heterocycles. The molecule has 0 unspecified atom stereocenters. The molecule has 2 aromatic rings. The van der Waals surface area contributed by atoms with Crippen LogP contribution in [0.5, 0.6) is 0 Å². The fourth-order valence-corrected chi connectivity index (χ4v) is 0.961. The van der Waals surface area contributed by atoms with E-state index in [1.54, 1.807) is 16.8 Å². The highest BCUT2D eigenvalue weighted by atomic mass is 16.1. The second-order valence-electron chi connectivity index (χ2n) is 2.25. The Morgan fingerprint density at radius 1 is 1.36 bits per heavy atom. The number of hydrogen-bond acceptors (Lipinski definition) is 2. The molecule has 2 heterocycles. The van der Waals surface area contributed by atoms with Gasteiger partial charge in [-0.3, -0.25) is 4.79 Å². The summed E-state index contributed by atoms with van der Waals surface area (Å²) >= 11 is 0. The minimum Gasteiger partial charge on any atom is -0.308 e. The minimum absolute atomic E-state index is 0.0105. The van der Waals surface area contributed by atoms with Gasteiger partial charge in [-0.1, -0.05) is 0 Å². The van der Waals surface area contributed by atoms with Crippen molar-refractivity contribution in [3.63, 3.8) is 0 Å². The lowest BCUT2D eigenvalue weighted by Crippen LogP contribution is -2.00. The van der Waals surface area contributed by atoms with Crippen molar-refractivity contribution in [2.24, 2.45) is 0 Å². The van der Waals surface area contributed by atoms with Crippen LogP contribution in [0.1, 0.15) is 0 Å². The Hall–Kier alpha value is -1.64. The molecular formula is C8H6N2O. The van der Waals surface area contributed by atoms with E-state index in [0.717, 1.165) is 0 Å². The number of nitrogens with zero attached hydrogens (tertiary/aromatic N) is 2. The predicted molar refractivity (Wildman–Crippen MR) is 41.5 cm³/mol. The maximum atomic E-state index is 10.8. The van der Waals surface area contributed by atoms with Crippen LogP contribution in [0.15, 0.2) is 41.6 Å². The Balaban J connectivity index is 2.94. The summed E-state index contributed by atoms with van der Waals surface area (Å²) < 4.78 is 1.79. The van der Waals surface area contributed by atoms with Gasteiger partial charge in [0.2, 0.25) is 0 Å². The lowest BCUT2D eigenvalue weighted by atomic mass is 10.4. The van der Waals surface area contributed by atoms with E-state index in [1.807, 2.05) is 12.3 Å². The van der Waals surface area contributed by atoms with Gasteiger partial charge in [0.1, 0.15) is 5.65 Å². The van der Waals surface area contributed by atoms with Gasteiger partial charge in [0.25, 0.3) is 0 Å². The molecule has 0 aliphatic rings. The Bertz CT molecular complexity index is 433. The normalized spacial score (nSPS) is 10.2. The summed E-state index contributed by atoms with van der Waals surface area (Å²) in [7, 11) is 0. The Kier molecular flexibility index (Phi) is 1.22. The molecule has 0 saturated carbocycles. The highest BCUT2D eigenvalue weighted by Crippen LogP contribution is 1.92.